The summed E-state index contributed by atoms with van der Waals surface area (Å²) < 4.78 is 11.6. The van der Waals surface area contributed by atoms with Gasteiger partial charge in [-0.3, -0.25) is 29.4 Å². The number of fused-ring (bicyclic) bond motifs is 10. The number of nitrogens with zero attached hydrogens (tertiary/aromatic N) is 4. The molecule has 62 heavy (non-hydrogen) atoms. The number of pyridine rings is 2. The van der Waals surface area contributed by atoms with Crippen LogP contribution in [0.1, 0.15) is 91.6 Å². The first kappa shape index (κ1) is 38.9. The Morgan fingerprint density at radius 2 is 1.06 bits per heavy atom. The van der Waals surface area contributed by atoms with Gasteiger partial charge in [0.05, 0.1) is 25.3 Å². The first-order valence-corrected chi connectivity index (χ1v) is 22.3. The van der Waals surface area contributed by atoms with Crippen molar-refractivity contribution < 1.29 is 19.1 Å². The highest BCUT2D eigenvalue weighted by molar-refractivity contribution is 6.29. The third kappa shape index (κ3) is 6.09. The average molecular weight is 821 g/mol. The van der Waals surface area contributed by atoms with Crippen LogP contribution in [-0.4, -0.2) is 83.8 Å². The second-order valence-electron chi connectivity index (χ2n) is 18.2. The molecule has 13 rings (SSSR count). The summed E-state index contributed by atoms with van der Waals surface area (Å²) >= 11 is 0. The second kappa shape index (κ2) is 15.4. The molecule has 7 aliphatic rings. The van der Waals surface area contributed by atoms with Gasteiger partial charge in [0.15, 0.2) is 11.6 Å². The van der Waals surface area contributed by atoms with Crippen molar-refractivity contribution >= 4 is 33.4 Å². The lowest BCUT2D eigenvalue weighted by Gasteiger charge is -2.52. The summed E-state index contributed by atoms with van der Waals surface area (Å²) in [6.45, 7) is 12.3. The maximum Gasteiger partial charge on any atom is 0.194 e. The zero-order valence-corrected chi connectivity index (χ0v) is 35.5. The molecule has 6 fully saturated rings. The van der Waals surface area contributed by atoms with Gasteiger partial charge in [-0.25, -0.2) is 0 Å². The Balaban J connectivity index is 1.20. The molecule has 4 aromatic carbocycles. The molecule has 8 heteroatoms. The molecule has 0 spiro atoms. The van der Waals surface area contributed by atoms with Crippen LogP contribution >= 0.6 is 0 Å². The van der Waals surface area contributed by atoms with Gasteiger partial charge in [-0.1, -0.05) is 48.6 Å². The molecule has 6 saturated heterocycles. The Labute approximate surface area is 363 Å². The summed E-state index contributed by atoms with van der Waals surface area (Å²) in [6.07, 6.45) is 12.2. The van der Waals surface area contributed by atoms with E-state index in [-0.39, 0.29) is 35.5 Å². The Morgan fingerprint density at radius 1 is 0.613 bits per heavy atom. The van der Waals surface area contributed by atoms with Crippen LogP contribution in [0.5, 0.6) is 11.5 Å². The zero-order chi connectivity index (χ0) is 42.2. The largest absolute Gasteiger partial charge is 0.497 e. The number of benzene rings is 4. The van der Waals surface area contributed by atoms with Gasteiger partial charge in [-0.2, -0.15) is 0 Å². The van der Waals surface area contributed by atoms with Crippen molar-refractivity contribution in [2.75, 3.05) is 40.4 Å². The number of ketones is 2. The van der Waals surface area contributed by atoms with E-state index in [1.54, 1.807) is 14.2 Å². The Bertz CT molecular complexity index is 2630. The van der Waals surface area contributed by atoms with E-state index in [2.05, 4.69) is 71.5 Å². The van der Waals surface area contributed by atoms with E-state index in [0.29, 0.717) is 45.9 Å². The highest BCUT2D eigenvalue weighted by Gasteiger charge is 2.48. The van der Waals surface area contributed by atoms with E-state index in [1.165, 1.54) is 0 Å². The summed E-state index contributed by atoms with van der Waals surface area (Å²) in [6, 6.07) is 28.4. The Kier molecular flexibility index (Phi) is 9.69. The summed E-state index contributed by atoms with van der Waals surface area (Å²) in [7, 11) is 3.38. The average Bonchev–Trinajstić information content (AvgIpc) is 3.33. The molecule has 0 amide bonds. The van der Waals surface area contributed by atoms with Crippen molar-refractivity contribution in [3.8, 4) is 11.5 Å². The molecule has 6 aromatic rings. The number of methoxy groups -OCH3 is 2. The third-order valence-electron chi connectivity index (χ3n) is 15.5. The second-order valence-corrected chi connectivity index (χ2v) is 18.2. The van der Waals surface area contributed by atoms with Crippen LogP contribution in [-0.2, 0) is 0 Å². The summed E-state index contributed by atoms with van der Waals surface area (Å²) in [5.74, 6) is 2.63. The molecule has 0 radical (unpaired) electrons. The van der Waals surface area contributed by atoms with Crippen LogP contribution < -0.4 is 9.47 Å². The van der Waals surface area contributed by atoms with Gasteiger partial charge in [0.1, 0.15) is 11.5 Å². The normalized spacial score (nSPS) is 27.1. The van der Waals surface area contributed by atoms with Gasteiger partial charge in [0.2, 0.25) is 0 Å². The molecule has 8 heterocycles. The van der Waals surface area contributed by atoms with Crippen LogP contribution in [0.4, 0.5) is 0 Å². The zero-order valence-electron chi connectivity index (χ0n) is 35.5. The molecular weight excluding hydrogens is 769 g/mol. The number of piperidine rings is 6. The minimum atomic E-state index is -0.238. The van der Waals surface area contributed by atoms with Crippen LogP contribution in [0.15, 0.2) is 123 Å². The van der Waals surface area contributed by atoms with E-state index >= 15 is 9.59 Å². The monoisotopic (exact) mass is 820 g/mol. The number of carbonyl (C=O) groups is 2. The van der Waals surface area contributed by atoms with Crippen molar-refractivity contribution in [1.29, 1.82) is 0 Å². The molecule has 6 aliphatic heterocycles. The quantitative estimate of drug-likeness (QED) is 0.126. The van der Waals surface area contributed by atoms with Gasteiger partial charge in [-0.15, -0.1) is 13.2 Å². The van der Waals surface area contributed by atoms with Crippen LogP contribution in [0.25, 0.3) is 21.8 Å². The predicted octanol–water partition coefficient (Wildman–Crippen LogP) is 9.63. The molecule has 2 aromatic heterocycles. The minimum absolute atomic E-state index is 0.0835. The predicted molar refractivity (Wildman–Crippen MR) is 244 cm³/mol. The summed E-state index contributed by atoms with van der Waals surface area (Å²) in [5.41, 5.74) is 7.71. The van der Waals surface area contributed by atoms with Crippen molar-refractivity contribution in [3.05, 3.63) is 167 Å². The first-order valence-electron chi connectivity index (χ1n) is 22.3. The highest BCUT2D eigenvalue weighted by atomic mass is 16.5. The molecule has 0 saturated carbocycles. The van der Waals surface area contributed by atoms with E-state index in [9.17, 15) is 0 Å². The van der Waals surface area contributed by atoms with Gasteiger partial charge < -0.3 is 9.47 Å². The van der Waals surface area contributed by atoms with Gasteiger partial charge in [-0.05, 0) is 133 Å². The molecule has 4 bridgehead atoms. The standard InChI is InChI=1S/C54H52N4O4/c1-5-31-29-57-23-19-33(31)25-47(57)49(37-17-21-55-45-15-11-35(61-3)27-43(37)45)41-13-14-42(52-51(41)53(59)39-9-7-8-10-40(39)54(52)60)50(48-26-34-20-24-58(48)30-32(34)6-2)38-18-22-56-46-16-12-36(62-4)28-44(38)46/h5-18,21-22,27-28,31-34,47-50H,1-2,19-20,23-26,29-30H2,3-4H3/t31-,32-,33+,34+,47-,48+,49-,50+/m1/s1. The molecule has 0 N–H and O–H groups in total. The molecule has 312 valence electrons. The molecular formula is C54H52N4O4. The van der Waals surface area contributed by atoms with Gasteiger partial charge >= 0.3 is 0 Å². The smallest absolute Gasteiger partial charge is 0.194 e. The van der Waals surface area contributed by atoms with E-state index in [0.717, 1.165) is 107 Å². The van der Waals surface area contributed by atoms with Crippen LogP contribution in [0.3, 0.4) is 0 Å². The summed E-state index contributed by atoms with van der Waals surface area (Å²) in [5, 5.41) is 1.98. The van der Waals surface area contributed by atoms with Gasteiger partial charge in [0.25, 0.3) is 0 Å². The molecule has 8 nitrogen and oxygen atoms in total. The summed E-state index contributed by atoms with van der Waals surface area (Å²) in [4.78, 5) is 46.2. The van der Waals surface area contributed by atoms with Crippen LogP contribution in [0, 0.1) is 23.7 Å². The molecule has 2 unspecified atom stereocenters. The highest BCUT2D eigenvalue weighted by Crippen LogP contribution is 2.51. The SMILES string of the molecule is C=C[C@@H]1CN2CC[C@H]1C[C@@H]2[C@@H](c1ccc([C@H](c2ccnc3ccc(OC)cc23)[C@@H]2C[C@@H]3CCN2C[C@H]3C=C)c2c1C(=O)c1ccccc1C2=O)c1ccnc2ccc(OC)cc12. The fraction of sp³-hybridized carbons (Fsp3) is 0.333. The fourth-order valence-corrected chi connectivity index (χ4v) is 12.5. The van der Waals surface area contributed by atoms with Crippen molar-refractivity contribution in [2.45, 2.75) is 49.6 Å². The van der Waals surface area contributed by atoms with Crippen molar-refractivity contribution in [3.63, 3.8) is 0 Å². The van der Waals surface area contributed by atoms with Crippen LogP contribution in [0.2, 0.25) is 0 Å². The topological polar surface area (TPSA) is 84.9 Å². The number of aromatic nitrogens is 2. The lowest BCUT2D eigenvalue weighted by Crippen LogP contribution is -2.55. The molecule has 1 aliphatic carbocycles. The fourth-order valence-electron chi connectivity index (χ4n) is 12.5. The van der Waals surface area contributed by atoms with Gasteiger partial charge in [0, 0.05) is 82.4 Å². The third-order valence-corrected chi connectivity index (χ3v) is 15.5. The van der Waals surface area contributed by atoms with E-state index < -0.39 is 0 Å². The Hall–Kier alpha value is -5.96. The minimum Gasteiger partial charge on any atom is -0.497 e. The Morgan fingerprint density at radius 3 is 1.45 bits per heavy atom. The molecule has 10 atom stereocenters. The van der Waals surface area contributed by atoms with Crippen molar-refractivity contribution in [2.24, 2.45) is 23.7 Å². The number of ether oxygens (including phenoxy) is 2. The van der Waals surface area contributed by atoms with E-state index in [1.807, 2.05) is 60.9 Å². The van der Waals surface area contributed by atoms with Crippen molar-refractivity contribution in [1.82, 2.24) is 19.8 Å². The first-order chi connectivity index (χ1) is 30.4. The van der Waals surface area contributed by atoms with E-state index in [4.69, 9.17) is 19.4 Å². The number of hydrogen-bond acceptors (Lipinski definition) is 8. The lowest BCUT2D eigenvalue weighted by atomic mass is 9.65. The number of rotatable bonds is 10. The maximum atomic E-state index is 15.6. The maximum absolute atomic E-state index is 15.6. The lowest BCUT2D eigenvalue weighted by molar-refractivity contribution is 0.0116. The number of hydrogen-bond donors (Lipinski definition) is 0. The number of carbonyl (C=O) groups excluding carboxylic acids is 2.